The summed E-state index contributed by atoms with van der Waals surface area (Å²) < 4.78 is 38.9. The molecule has 0 saturated carbocycles. The van der Waals surface area contributed by atoms with Crippen LogP contribution in [-0.2, 0) is 27.7 Å². The van der Waals surface area contributed by atoms with Crippen molar-refractivity contribution in [2.45, 2.75) is 39.4 Å². The third-order valence-corrected chi connectivity index (χ3v) is 9.32. The van der Waals surface area contributed by atoms with Crippen molar-refractivity contribution >= 4 is 55.9 Å². The number of rotatable bonds is 6. The number of sulfone groups is 1. The van der Waals surface area contributed by atoms with E-state index in [9.17, 15) is 27.7 Å². The van der Waals surface area contributed by atoms with Gasteiger partial charge < -0.3 is 5.32 Å². The van der Waals surface area contributed by atoms with Gasteiger partial charge >= 0.3 is 0 Å². The molecular weight excluding hydrogens is 523 g/mol. The van der Waals surface area contributed by atoms with Crippen molar-refractivity contribution in [1.82, 2.24) is 9.47 Å². The summed E-state index contributed by atoms with van der Waals surface area (Å²) in [6.07, 6.45) is 1.92. The molecule has 36 heavy (non-hydrogen) atoms. The summed E-state index contributed by atoms with van der Waals surface area (Å²) in [5.74, 6) is -0.468. The van der Waals surface area contributed by atoms with Crippen molar-refractivity contribution < 1.29 is 17.6 Å². The van der Waals surface area contributed by atoms with Crippen LogP contribution in [-0.4, -0.2) is 45.7 Å². The number of aromatic nitrogens is 1. The van der Waals surface area contributed by atoms with Crippen LogP contribution in [0.25, 0.3) is 6.08 Å². The third-order valence-electron chi connectivity index (χ3n) is 6.24. The van der Waals surface area contributed by atoms with Crippen molar-refractivity contribution in [2.24, 2.45) is 0 Å². The molecule has 0 bridgehead atoms. The average molecular weight is 547 g/mol. The van der Waals surface area contributed by atoms with E-state index in [0.717, 1.165) is 17.3 Å². The first-order chi connectivity index (χ1) is 17.1. The molecular formula is C24H23FN4O4S3. The van der Waals surface area contributed by atoms with E-state index in [1.54, 1.807) is 32.1 Å². The number of thiocarbonyl (C=S) groups is 1. The number of benzene rings is 1. The predicted molar refractivity (Wildman–Crippen MR) is 142 cm³/mol. The molecule has 1 aromatic heterocycles. The van der Waals surface area contributed by atoms with E-state index in [-0.39, 0.29) is 45.2 Å². The molecule has 2 aliphatic rings. The van der Waals surface area contributed by atoms with Gasteiger partial charge in [-0.05, 0) is 49.6 Å². The SMILES string of the molecule is CCn1c(NCc2ccc(F)cc2)c(/C=C2/SC(=S)N(C3CCS(=O)(=O)C3)C2=O)c(C)c(C#N)c1=O. The molecule has 4 rings (SSSR count). The first kappa shape index (κ1) is 26.1. The summed E-state index contributed by atoms with van der Waals surface area (Å²) in [5.41, 5.74) is 1.16. The molecule has 3 heterocycles. The highest BCUT2D eigenvalue weighted by Gasteiger charge is 2.42. The van der Waals surface area contributed by atoms with Crippen molar-refractivity contribution in [3.63, 3.8) is 0 Å². The van der Waals surface area contributed by atoms with Crippen LogP contribution in [0.5, 0.6) is 0 Å². The number of anilines is 1. The Morgan fingerprint density at radius 1 is 1.31 bits per heavy atom. The van der Waals surface area contributed by atoms with Crippen LogP contribution < -0.4 is 10.9 Å². The van der Waals surface area contributed by atoms with Crippen LogP contribution in [0.3, 0.4) is 0 Å². The van der Waals surface area contributed by atoms with Gasteiger partial charge in [0, 0.05) is 18.7 Å². The maximum absolute atomic E-state index is 13.3. The highest BCUT2D eigenvalue weighted by molar-refractivity contribution is 8.26. The molecule has 1 atom stereocenters. The molecule has 1 unspecified atom stereocenters. The number of halogens is 1. The lowest BCUT2D eigenvalue weighted by Gasteiger charge is -2.21. The quantitative estimate of drug-likeness (QED) is 0.434. The summed E-state index contributed by atoms with van der Waals surface area (Å²) in [7, 11) is -3.22. The predicted octanol–water partition coefficient (Wildman–Crippen LogP) is 3.19. The molecule has 0 aliphatic carbocycles. The van der Waals surface area contributed by atoms with Crippen molar-refractivity contribution in [3.05, 3.63) is 67.6 Å². The van der Waals surface area contributed by atoms with Gasteiger partial charge in [0.15, 0.2) is 9.84 Å². The van der Waals surface area contributed by atoms with E-state index in [0.29, 0.717) is 23.4 Å². The fraction of sp³-hybridized carbons (Fsp3) is 0.333. The number of carbonyl (C=O) groups is 1. The zero-order chi connectivity index (χ0) is 26.2. The molecule has 1 N–H and O–H groups in total. The molecule has 1 aromatic carbocycles. The van der Waals surface area contributed by atoms with Gasteiger partial charge in [-0.1, -0.05) is 36.1 Å². The summed E-state index contributed by atoms with van der Waals surface area (Å²) in [5, 5.41) is 12.9. The van der Waals surface area contributed by atoms with Gasteiger partial charge in [0.2, 0.25) is 0 Å². The van der Waals surface area contributed by atoms with Crippen molar-refractivity contribution in [2.75, 3.05) is 16.8 Å². The lowest BCUT2D eigenvalue weighted by Crippen LogP contribution is -2.39. The van der Waals surface area contributed by atoms with Gasteiger partial charge in [0.05, 0.1) is 22.5 Å². The summed E-state index contributed by atoms with van der Waals surface area (Å²) in [6, 6.07) is 7.37. The van der Waals surface area contributed by atoms with Crippen LogP contribution in [0.1, 0.15) is 35.6 Å². The smallest absolute Gasteiger partial charge is 0.270 e. The fourth-order valence-corrected chi connectivity index (χ4v) is 7.43. The average Bonchev–Trinajstić information content (AvgIpc) is 3.32. The number of hydrogen-bond acceptors (Lipinski definition) is 8. The number of nitrogens with zero attached hydrogens (tertiary/aromatic N) is 3. The van der Waals surface area contributed by atoms with Gasteiger partial charge in [-0.3, -0.25) is 19.1 Å². The van der Waals surface area contributed by atoms with Crippen LogP contribution in [0.2, 0.25) is 0 Å². The van der Waals surface area contributed by atoms with Crippen molar-refractivity contribution in [3.8, 4) is 6.07 Å². The molecule has 188 valence electrons. The Labute approximate surface area is 217 Å². The van der Waals surface area contributed by atoms with Crippen LogP contribution in [0.4, 0.5) is 10.2 Å². The topological polar surface area (TPSA) is 112 Å². The van der Waals surface area contributed by atoms with Crippen molar-refractivity contribution in [1.29, 1.82) is 5.26 Å². The minimum absolute atomic E-state index is 0.0112. The minimum Gasteiger partial charge on any atom is -0.367 e. The van der Waals surface area contributed by atoms with Gasteiger partial charge in [0.1, 0.15) is 27.6 Å². The second-order valence-corrected chi connectivity index (χ2v) is 12.4. The van der Waals surface area contributed by atoms with E-state index >= 15 is 0 Å². The Balaban J connectivity index is 1.77. The van der Waals surface area contributed by atoms with Gasteiger partial charge in [0.25, 0.3) is 11.5 Å². The standard InChI is InChI=1S/C24H23FN4O4S3/c1-3-28-21(27-12-15-4-6-16(25)7-5-15)18(14(2)19(11-26)22(28)30)10-20-23(31)29(24(34)35-20)17-8-9-36(32,33)13-17/h4-7,10,17,27H,3,8-9,12-13H2,1-2H3/b20-10+. The molecule has 0 spiro atoms. The Bertz CT molecular complexity index is 1490. The monoisotopic (exact) mass is 546 g/mol. The number of thioether (sulfide) groups is 1. The van der Waals surface area contributed by atoms with E-state index < -0.39 is 27.3 Å². The number of amides is 1. The maximum atomic E-state index is 13.3. The van der Waals surface area contributed by atoms with Gasteiger partial charge in [-0.15, -0.1) is 0 Å². The molecule has 2 aromatic rings. The van der Waals surface area contributed by atoms with Crippen LogP contribution in [0, 0.1) is 24.1 Å². The normalized spacial score (nSPS) is 20.2. The third kappa shape index (κ3) is 4.96. The number of pyridine rings is 1. The molecule has 2 fully saturated rings. The lowest BCUT2D eigenvalue weighted by atomic mass is 10.0. The summed E-state index contributed by atoms with van der Waals surface area (Å²) >= 11 is 6.47. The Kier molecular flexibility index (Phi) is 7.36. The molecule has 1 amide bonds. The molecule has 8 nitrogen and oxygen atoms in total. The van der Waals surface area contributed by atoms with Gasteiger partial charge in [-0.2, -0.15) is 5.26 Å². The second kappa shape index (κ2) is 10.2. The molecule has 2 aliphatic heterocycles. The molecule has 2 saturated heterocycles. The Morgan fingerprint density at radius 3 is 2.58 bits per heavy atom. The molecule has 0 radical (unpaired) electrons. The van der Waals surface area contributed by atoms with E-state index in [4.69, 9.17) is 12.2 Å². The zero-order valence-electron chi connectivity index (χ0n) is 19.6. The van der Waals surface area contributed by atoms with E-state index in [1.807, 2.05) is 6.07 Å². The largest absolute Gasteiger partial charge is 0.367 e. The second-order valence-electron chi connectivity index (χ2n) is 8.51. The molecule has 12 heteroatoms. The van der Waals surface area contributed by atoms with E-state index in [2.05, 4.69) is 5.32 Å². The zero-order valence-corrected chi connectivity index (χ0v) is 22.0. The number of hydrogen-bond donors (Lipinski definition) is 1. The minimum atomic E-state index is -3.22. The van der Waals surface area contributed by atoms with Crippen LogP contribution in [0.15, 0.2) is 34.0 Å². The van der Waals surface area contributed by atoms with E-state index in [1.165, 1.54) is 21.6 Å². The summed E-state index contributed by atoms with van der Waals surface area (Å²) in [4.78, 5) is 27.9. The maximum Gasteiger partial charge on any atom is 0.270 e. The number of nitrogens with one attached hydrogen (secondary N) is 1. The lowest BCUT2D eigenvalue weighted by molar-refractivity contribution is -0.123. The highest BCUT2D eigenvalue weighted by Crippen LogP contribution is 2.38. The first-order valence-electron chi connectivity index (χ1n) is 11.2. The Morgan fingerprint density at radius 2 is 2.00 bits per heavy atom. The number of nitriles is 1. The first-order valence-corrected chi connectivity index (χ1v) is 14.2. The summed E-state index contributed by atoms with van der Waals surface area (Å²) in [6.45, 7) is 3.94. The Hall–Kier alpha value is -3.01. The highest BCUT2D eigenvalue weighted by atomic mass is 32.2. The number of carbonyl (C=O) groups excluding carboxylic acids is 1. The van der Waals surface area contributed by atoms with Gasteiger partial charge in [-0.25, -0.2) is 12.8 Å². The fourth-order valence-electron chi connectivity index (χ4n) is 4.35. The van der Waals surface area contributed by atoms with Crippen LogP contribution >= 0.6 is 24.0 Å².